The third kappa shape index (κ3) is 3.44. The Hall–Kier alpha value is -1.61. The standard InChI is InChI=1S/C15H21N3/c1-12(2)15(16)8-14-10-18(11-17-14)9-13-6-4-3-5-7-13/h3-7,10-12,15H,8-9,16H2,1-2H3/t15-/m1/s1. The molecule has 1 aromatic carbocycles. The Kier molecular flexibility index (Phi) is 4.15. The van der Waals surface area contributed by atoms with Crippen LogP contribution in [-0.4, -0.2) is 15.6 Å². The van der Waals surface area contributed by atoms with Crippen LogP contribution >= 0.6 is 0 Å². The van der Waals surface area contributed by atoms with Crippen LogP contribution < -0.4 is 5.73 Å². The van der Waals surface area contributed by atoms with Gasteiger partial charge in [-0.3, -0.25) is 0 Å². The second-order valence-corrected chi connectivity index (χ2v) is 5.13. The fourth-order valence-electron chi connectivity index (χ4n) is 1.87. The Labute approximate surface area is 109 Å². The number of nitrogens with zero attached hydrogens (tertiary/aromatic N) is 2. The molecule has 0 bridgehead atoms. The third-order valence-electron chi connectivity index (χ3n) is 3.20. The van der Waals surface area contributed by atoms with Crippen molar-refractivity contribution in [3.63, 3.8) is 0 Å². The van der Waals surface area contributed by atoms with Crippen LogP contribution in [0.3, 0.4) is 0 Å². The van der Waals surface area contributed by atoms with Crippen LogP contribution in [0.15, 0.2) is 42.9 Å². The maximum atomic E-state index is 6.06. The average molecular weight is 243 g/mol. The lowest BCUT2D eigenvalue weighted by molar-refractivity contribution is 0.487. The van der Waals surface area contributed by atoms with E-state index in [1.165, 1.54) is 5.56 Å². The molecule has 3 nitrogen and oxygen atoms in total. The van der Waals surface area contributed by atoms with Crippen LogP contribution in [-0.2, 0) is 13.0 Å². The quantitative estimate of drug-likeness (QED) is 0.876. The van der Waals surface area contributed by atoms with Crippen molar-refractivity contribution in [1.29, 1.82) is 0 Å². The topological polar surface area (TPSA) is 43.8 Å². The Morgan fingerprint density at radius 1 is 1.22 bits per heavy atom. The fourth-order valence-corrected chi connectivity index (χ4v) is 1.87. The van der Waals surface area contributed by atoms with Crippen LogP contribution in [0.2, 0.25) is 0 Å². The van der Waals surface area contributed by atoms with Gasteiger partial charge in [0.15, 0.2) is 0 Å². The summed E-state index contributed by atoms with van der Waals surface area (Å²) in [4.78, 5) is 4.42. The summed E-state index contributed by atoms with van der Waals surface area (Å²) >= 11 is 0. The van der Waals surface area contributed by atoms with Crippen LogP contribution in [0.4, 0.5) is 0 Å². The van der Waals surface area contributed by atoms with E-state index in [2.05, 4.69) is 53.9 Å². The predicted molar refractivity (Wildman–Crippen MR) is 74.3 cm³/mol. The minimum atomic E-state index is 0.185. The molecule has 96 valence electrons. The van der Waals surface area contributed by atoms with Crippen molar-refractivity contribution < 1.29 is 0 Å². The van der Waals surface area contributed by atoms with Crippen molar-refractivity contribution in [2.45, 2.75) is 32.9 Å². The highest BCUT2D eigenvalue weighted by atomic mass is 15.0. The molecule has 18 heavy (non-hydrogen) atoms. The van der Waals surface area contributed by atoms with Gasteiger partial charge in [-0.2, -0.15) is 0 Å². The van der Waals surface area contributed by atoms with E-state index < -0.39 is 0 Å². The smallest absolute Gasteiger partial charge is 0.0952 e. The van der Waals surface area contributed by atoms with E-state index in [9.17, 15) is 0 Å². The normalized spacial score (nSPS) is 12.9. The van der Waals surface area contributed by atoms with Crippen molar-refractivity contribution in [1.82, 2.24) is 9.55 Å². The van der Waals surface area contributed by atoms with Crippen molar-refractivity contribution in [3.05, 3.63) is 54.1 Å². The summed E-state index contributed by atoms with van der Waals surface area (Å²) in [7, 11) is 0. The van der Waals surface area contributed by atoms with Gasteiger partial charge in [0.25, 0.3) is 0 Å². The molecule has 0 aliphatic rings. The van der Waals surface area contributed by atoms with E-state index in [0.717, 1.165) is 18.7 Å². The fraction of sp³-hybridized carbons (Fsp3) is 0.400. The van der Waals surface area contributed by atoms with Gasteiger partial charge in [0.05, 0.1) is 12.0 Å². The Morgan fingerprint density at radius 2 is 1.94 bits per heavy atom. The molecule has 2 aromatic rings. The summed E-state index contributed by atoms with van der Waals surface area (Å²) in [5.74, 6) is 0.490. The van der Waals surface area contributed by atoms with E-state index in [4.69, 9.17) is 5.73 Å². The zero-order valence-corrected chi connectivity index (χ0v) is 11.1. The maximum Gasteiger partial charge on any atom is 0.0952 e. The largest absolute Gasteiger partial charge is 0.333 e. The highest BCUT2D eigenvalue weighted by Crippen LogP contribution is 2.08. The van der Waals surface area contributed by atoms with Gasteiger partial charge in [0, 0.05) is 25.2 Å². The van der Waals surface area contributed by atoms with Gasteiger partial charge in [-0.25, -0.2) is 4.98 Å². The van der Waals surface area contributed by atoms with E-state index in [-0.39, 0.29) is 6.04 Å². The zero-order valence-electron chi connectivity index (χ0n) is 11.1. The molecule has 0 spiro atoms. The number of hydrogen-bond acceptors (Lipinski definition) is 2. The van der Waals surface area contributed by atoms with Gasteiger partial charge in [-0.05, 0) is 11.5 Å². The van der Waals surface area contributed by atoms with Crippen LogP contribution in [0, 0.1) is 5.92 Å². The lowest BCUT2D eigenvalue weighted by Gasteiger charge is -2.13. The molecular weight excluding hydrogens is 222 g/mol. The molecule has 1 heterocycles. The molecule has 0 aliphatic heterocycles. The number of imidazole rings is 1. The highest BCUT2D eigenvalue weighted by Gasteiger charge is 2.10. The van der Waals surface area contributed by atoms with E-state index in [1.807, 2.05) is 12.4 Å². The van der Waals surface area contributed by atoms with E-state index in [0.29, 0.717) is 5.92 Å². The summed E-state index contributed by atoms with van der Waals surface area (Å²) in [6, 6.07) is 10.6. The molecule has 0 saturated carbocycles. The van der Waals surface area contributed by atoms with E-state index in [1.54, 1.807) is 0 Å². The summed E-state index contributed by atoms with van der Waals surface area (Å²) < 4.78 is 2.11. The highest BCUT2D eigenvalue weighted by molar-refractivity contribution is 5.15. The molecule has 0 fully saturated rings. The molecule has 1 atom stereocenters. The lowest BCUT2D eigenvalue weighted by Crippen LogP contribution is -2.28. The molecule has 0 radical (unpaired) electrons. The first-order chi connectivity index (χ1) is 8.65. The first kappa shape index (κ1) is 12.8. The van der Waals surface area contributed by atoms with E-state index >= 15 is 0 Å². The van der Waals surface area contributed by atoms with Gasteiger partial charge in [-0.1, -0.05) is 44.2 Å². The monoisotopic (exact) mass is 243 g/mol. The molecular formula is C15H21N3. The Morgan fingerprint density at radius 3 is 2.61 bits per heavy atom. The number of hydrogen-bond donors (Lipinski definition) is 1. The van der Waals surface area contributed by atoms with Gasteiger partial charge < -0.3 is 10.3 Å². The first-order valence-electron chi connectivity index (χ1n) is 6.45. The van der Waals surface area contributed by atoms with Crippen molar-refractivity contribution in [3.8, 4) is 0 Å². The molecule has 2 N–H and O–H groups in total. The van der Waals surface area contributed by atoms with Gasteiger partial charge >= 0.3 is 0 Å². The zero-order chi connectivity index (χ0) is 13.0. The summed E-state index contributed by atoms with van der Waals surface area (Å²) in [6.45, 7) is 5.15. The van der Waals surface area contributed by atoms with Crippen molar-refractivity contribution in [2.24, 2.45) is 11.7 Å². The maximum absolute atomic E-state index is 6.06. The molecule has 3 heteroatoms. The van der Waals surface area contributed by atoms with Gasteiger partial charge in [0.1, 0.15) is 0 Å². The Bertz CT molecular complexity index is 473. The summed E-state index contributed by atoms with van der Waals surface area (Å²) in [5.41, 5.74) is 8.42. The van der Waals surface area contributed by atoms with Crippen LogP contribution in [0.5, 0.6) is 0 Å². The third-order valence-corrected chi connectivity index (χ3v) is 3.20. The molecule has 0 saturated heterocycles. The second-order valence-electron chi connectivity index (χ2n) is 5.13. The van der Waals surface area contributed by atoms with Gasteiger partial charge in [0.2, 0.25) is 0 Å². The SMILES string of the molecule is CC(C)[C@H](N)Cc1cn(Cc2ccccc2)cn1. The number of nitrogens with two attached hydrogens (primary N) is 1. The lowest BCUT2D eigenvalue weighted by atomic mass is 10.0. The van der Waals surface area contributed by atoms with Gasteiger partial charge in [-0.15, -0.1) is 0 Å². The number of aromatic nitrogens is 2. The first-order valence-corrected chi connectivity index (χ1v) is 6.45. The second kappa shape index (κ2) is 5.83. The van der Waals surface area contributed by atoms with Crippen LogP contribution in [0.1, 0.15) is 25.1 Å². The minimum absolute atomic E-state index is 0.185. The average Bonchev–Trinajstić information content (AvgIpc) is 2.77. The minimum Gasteiger partial charge on any atom is -0.333 e. The number of rotatable bonds is 5. The summed E-state index contributed by atoms with van der Waals surface area (Å²) in [6.07, 6.45) is 4.82. The molecule has 0 aliphatic carbocycles. The summed E-state index contributed by atoms with van der Waals surface area (Å²) in [5, 5.41) is 0. The predicted octanol–water partition coefficient (Wildman–Crippen LogP) is 2.46. The number of benzene rings is 1. The molecule has 0 amide bonds. The molecule has 0 unspecified atom stereocenters. The Balaban J connectivity index is 1.98. The van der Waals surface area contributed by atoms with Crippen LogP contribution in [0.25, 0.3) is 0 Å². The van der Waals surface area contributed by atoms with Crippen molar-refractivity contribution >= 4 is 0 Å². The molecule has 1 aromatic heterocycles. The molecule has 2 rings (SSSR count). The van der Waals surface area contributed by atoms with Crippen molar-refractivity contribution in [2.75, 3.05) is 0 Å².